The molecule has 182 valence electrons. The highest BCUT2D eigenvalue weighted by Crippen LogP contribution is 2.32. The van der Waals surface area contributed by atoms with Crippen molar-refractivity contribution in [2.45, 2.75) is 51.1 Å². The number of halogens is 1. The smallest absolute Gasteiger partial charge is 0.237 e. The van der Waals surface area contributed by atoms with Crippen LogP contribution in [0.5, 0.6) is 0 Å². The number of rotatable bonds is 12. The zero-order valence-corrected chi connectivity index (χ0v) is 19.7. The van der Waals surface area contributed by atoms with Crippen molar-refractivity contribution in [3.63, 3.8) is 0 Å². The van der Waals surface area contributed by atoms with E-state index in [0.29, 0.717) is 28.5 Å². The monoisotopic (exact) mass is 483 g/mol. The van der Waals surface area contributed by atoms with Crippen LogP contribution in [0.1, 0.15) is 43.9 Å². The molecule has 1 heterocycles. The number of anilines is 1. The predicted molar refractivity (Wildman–Crippen MR) is 124 cm³/mol. The summed E-state index contributed by atoms with van der Waals surface area (Å²) in [4.78, 5) is 13.9. The molecule has 33 heavy (non-hydrogen) atoms. The number of nitrogens with zero attached hydrogens (tertiary/aromatic N) is 3. The molecule has 4 N–H and O–H groups in total. The van der Waals surface area contributed by atoms with E-state index in [1.54, 1.807) is 29.6 Å². The number of aliphatic hydroxyl groups excluding tert-OH is 3. The number of hydrogen-bond donors (Lipinski definition) is 4. The van der Waals surface area contributed by atoms with Crippen molar-refractivity contribution < 1.29 is 34.0 Å². The van der Waals surface area contributed by atoms with Crippen LogP contribution in [0.3, 0.4) is 0 Å². The first-order valence-electron chi connectivity index (χ1n) is 10.3. The summed E-state index contributed by atoms with van der Waals surface area (Å²) in [6.07, 6.45) is -1.01. The second-order valence-corrected chi connectivity index (χ2v) is 8.50. The lowest BCUT2D eigenvalue weighted by Gasteiger charge is -2.20. The van der Waals surface area contributed by atoms with Gasteiger partial charge in [0.2, 0.25) is 5.95 Å². The normalized spacial score (nSPS) is 13.8. The van der Waals surface area contributed by atoms with Crippen molar-refractivity contribution in [1.29, 1.82) is 0 Å². The van der Waals surface area contributed by atoms with E-state index in [1.165, 1.54) is 25.3 Å². The molecule has 2 rings (SSSR count). The number of hydrogen-bond acceptors (Lipinski definition) is 10. The number of aromatic nitrogens is 2. The van der Waals surface area contributed by atoms with E-state index in [4.69, 9.17) is 14.5 Å². The first-order valence-corrected chi connectivity index (χ1v) is 11.0. The average molecular weight is 484 g/mol. The van der Waals surface area contributed by atoms with Crippen molar-refractivity contribution in [2.24, 2.45) is 0 Å². The third-order valence-electron chi connectivity index (χ3n) is 4.60. The summed E-state index contributed by atoms with van der Waals surface area (Å²) in [7, 11) is 3.08. The van der Waals surface area contributed by atoms with Gasteiger partial charge in [-0.3, -0.25) is 4.31 Å². The maximum Gasteiger partial charge on any atom is 0.237 e. The number of benzene rings is 1. The summed E-state index contributed by atoms with van der Waals surface area (Å²) in [5.74, 6) is -0.0735. The first-order chi connectivity index (χ1) is 15.6. The summed E-state index contributed by atoms with van der Waals surface area (Å²) in [6, 6.07) is 5.87. The summed E-state index contributed by atoms with van der Waals surface area (Å²) < 4.78 is 20.0. The highest BCUT2D eigenvalue weighted by Gasteiger charge is 2.20. The Morgan fingerprint density at radius 3 is 2.33 bits per heavy atom. The Bertz CT molecular complexity index is 914. The third-order valence-corrected chi connectivity index (χ3v) is 5.19. The van der Waals surface area contributed by atoms with Crippen LogP contribution in [-0.4, -0.2) is 63.0 Å². The maximum absolute atomic E-state index is 13.5. The van der Waals surface area contributed by atoms with E-state index >= 15 is 0 Å². The van der Waals surface area contributed by atoms with Gasteiger partial charge in [0.1, 0.15) is 5.82 Å². The Kier molecular flexibility index (Phi) is 10.6. The van der Waals surface area contributed by atoms with Gasteiger partial charge in [0.15, 0.2) is 18.5 Å². The molecule has 0 fully saturated rings. The van der Waals surface area contributed by atoms with Gasteiger partial charge in [0.25, 0.3) is 0 Å². The van der Waals surface area contributed by atoms with Gasteiger partial charge in [-0.2, -0.15) is 0 Å². The van der Waals surface area contributed by atoms with Crippen molar-refractivity contribution in [2.75, 3.05) is 18.5 Å². The van der Waals surface area contributed by atoms with Crippen LogP contribution in [0, 0.1) is 5.82 Å². The zero-order valence-electron chi connectivity index (χ0n) is 18.9. The quantitative estimate of drug-likeness (QED) is 0.118. The fourth-order valence-electron chi connectivity index (χ4n) is 3.06. The van der Waals surface area contributed by atoms with Crippen LogP contribution in [0.2, 0.25) is 0 Å². The van der Waals surface area contributed by atoms with Crippen LogP contribution in [0.15, 0.2) is 30.3 Å². The lowest BCUT2D eigenvalue weighted by molar-refractivity contribution is -0.160. The average Bonchev–Trinajstić information content (AvgIpc) is 2.75. The predicted octanol–water partition coefficient (Wildman–Crippen LogP) is 2.81. The molecule has 0 radical (unpaired) electrons. The van der Waals surface area contributed by atoms with Gasteiger partial charge in [-0.15, -0.1) is 4.33 Å². The van der Waals surface area contributed by atoms with E-state index in [0.717, 1.165) is 12.2 Å². The minimum absolute atomic E-state index is 0.0281. The molecule has 1 aromatic carbocycles. The Balaban J connectivity index is 2.50. The molecule has 0 saturated carbocycles. The highest BCUT2D eigenvalue weighted by atomic mass is 32.2. The number of aliphatic hydroxyl groups is 4. The molecular formula is C22H30FN3O6S. The summed E-state index contributed by atoms with van der Waals surface area (Å²) >= 11 is 0.891. The summed E-state index contributed by atoms with van der Waals surface area (Å²) in [6.45, 7) is 3.92. The van der Waals surface area contributed by atoms with Crippen LogP contribution in [0.25, 0.3) is 17.3 Å². The Morgan fingerprint density at radius 1 is 1.09 bits per heavy atom. The summed E-state index contributed by atoms with van der Waals surface area (Å²) in [5, 5.41) is 38.1. The van der Waals surface area contributed by atoms with Gasteiger partial charge in [0.05, 0.1) is 30.7 Å². The molecule has 1 aromatic heterocycles. The second-order valence-electron chi connectivity index (χ2n) is 7.67. The molecular weight excluding hydrogens is 453 g/mol. The van der Waals surface area contributed by atoms with Crippen LogP contribution >= 0.6 is 12.2 Å². The van der Waals surface area contributed by atoms with Crippen LogP contribution in [0.4, 0.5) is 10.3 Å². The molecule has 11 heteroatoms. The van der Waals surface area contributed by atoms with Gasteiger partial charge in [-0.25, -0.2) is 19.2 Å². The van der Waals surface area contributed by atoms with E-state index in [9.17, 15) is 14.6 Å². The van der Waals surface area contributed by atoms with Crippen molar-refractivity contribution in [3.8, 4) is 11.3 Å². The molecule has 0 aliphatic rings. The van der Waals surface area contributed by atoms with Crippen molar-refractivity contribution >= 4 is 24.3 Å². The molecule has 2 aromatic rings. The second kappa shape index (κ2) is 12.9. The summed E-state index contributed by atoms with van der Waals surface area (Å²) in [5.41, 5.74) is 2.47. The largest absolute Gasteiger partial charge is 0.393 e. The van der Waals surface area contributed by atoms with Gasteiger partial charge in [-0.05, 0) is 30.2 Å². The van der Waals surface area contributed by atoms with Gasteiger partial charge in [0, 0.05) is 31.0 Å². The maximum atomic E-state index is 13.5. The lowest BCUT2D eigenvalue weighted by Crippen LogP contribution is -2.21. The van der Waals surface area contributed by atoms with E-state index in [-0.39, 0.29) is 24.6 Å². The van der Waals surface area contributed by atoms with E-state index < -0.39 is 18.5 Å². The SMILES string of the molecule is COOSN(C)c1nc(-c2ccc(F)cc2)c(/C=C/[C@@H](O)C[C@@H](O)CC(O)O)c(C(C)C)n1. The van der Waals surface area contributed by atoms with Gasteiger partial charge >= 0.3 is 0 Å². The first kappa shape index (κ1) is 27.1. The molecule has 2 atom stereocenters. The molecule has 0 unspecified atom stereocenters. The highest BCUT2D eigenvalue weighted by molar-refractivity contribution is 7.95. The molecule has 0 aliphatic heterocycles. The van der Waals surface area contributed by atoms with Crippen molar-refractivity contribution in [1.82, 2.24) is 9.97 Å². The molecule has 0 aliphatic carbocycles. The molecule has 0 amide bonds. The Morgan fingerprint density at radius 2 is 1.76 bits per heavy atom. The molecule has 0 spiro atoms. The molecule has 9 nitrogen and oxygen atoms in total. The van der Waals surface area contributed by atoms with Gasteiger partial charge in [-0.1, -0.05) is 26.0 Å². The minimum Gasteiger partial charge on any atom is -0.393 e. The fraction of sp³-hybridized carbons (Fsp3) is 0.455. The molecule has 0 bridgehead atoms. The zero-order chi connectivity index (χ0) is 24.5. The van der Waals surface area contributed by atoms with Gasteiger partial charge < -0.3 is 20.4 Å². The van der Waals surface area contributed by atoms with E-state index in [2.05, 4.69) is 14.9 Å². The minimum atomic E-state index is -1.66. The van der Waals surface area contributed by atoms with Crippen molar-refractivity contribution in [3.05, 3.63) is 47.4 Å². The van der Waals surface area contributed by atoms with Crippen LogP contribution < -0.4 is 4.31 Å². The third kappa shape index (κ3) is 8.31. The topological polar surface area (TPSA) is 128 Å². The standard InChI is InChI=1S/C22H30FN3O6S/c1-13(2)20-18(10-9-16(27)11-17(28)12-19(29)30)21(14-5-7-15(23)8-6-14)25-22(24-20)26(3)33-32-31-4/h5-10,13,16-17,19,27-30H,11-12H2,1-4H3/b10-9+/t16-,17-/m1/s1. The Hall–Kier alpha value is -2.12. The lowest BCUT2D eigenvalue weighted by atomic mass is 9.97. The Labute approximate surface area is 196 Å². The van der Waals surface area contributed by atoms with Crippen LogP contribution in [-0.2, 0) is 9.22 Å². The van der Waals surface area contributed by atoms with E-state index in [1.807, 2.05) is 13.8 Å². The molecule has 0 saturated heterocycles. The fourth-order valence-corrected chi connectivity index (χ4v) is 3.36.